The van der Waals surface area contributed by atoms with E-state index in [2.05, 4.69) is 26.0 Å². The molecular weight excluding hydrogens is 312 g/mol. The summed E-state index contributed by atoms with van der Waals surface area (Å²) in [6, 6.07) is 10.1. The van der Waals surface area contributed by atoms with Gasteiger partial charge < -0.3 is 9.47 Å². The highest BCUT2D eigenvalue weighted by molar-refractivity contribution is 6.29. The standard InChI is InChI=1S/C19H25ClO3/c1-19(2)16(17(19)18(21)22-3)12-15(20)10-7-11-23-13-14-8-5-4-6-9-14/h4-6,8-9,12,16-17H,7,10-11,13H2,1-3H3/b15-12-/t16-,17+/m1/s1. The molecule has 1 fully saturated rings. The van der Waals surface area contributed by atoms with Crippen LogP contribution in [0.2, 0.25) is 0 Å². The van der Waals surface area contributed by atoms with Crippen molar-refractivity contribution in [3.05, 3.63) is 47.0 Å². The maximum atomic E-state index is 11.7. The Bertz CT molecular complexity index is 551. The zero-order chi connectivity index (χ0) is 16.9. The van der Waals surface area contributed by atoms with Gasteiger partial charge in [-0.05, 0) is 29.7 Å². The van der Waals surface area contributed by atoms with Gasteiger partial charge in [-0.25, -0.2) is 0 Å². The van der Waals surface area contributed by atoms with E-state index >= 15 is 0 Å². The number of ether oxygens (including phenoxy) is 2. The highest BCUT2D eigenvalue weighted by Gasteiger charge is 2.61. The lowest BCUT2D eigenvalue weighted by atomic mass is 10.1. The molecule has 1 aliphatic carbocycles. The van der Waals surface area contributed by atoms with Crippen molar-refractivity contribution in [1.82, 2.24) is 0 Å². The van der Waals surface area contributed by atoms with Crippen LogP contribution >= 0.6 is 11.6 Å². The molecule has 0 bridgehead atoms. The van der Waals surface area contributed by atoms with Crippen molar-refractivity contribution in [2.24, 2.45) is 17.3 Å². The van der Waals surface area contributed by atoms with Crippen LogP contribution in [0.25, 0.3) is 0 Å². The molecule has 1 aliphatic rings. The molecule has 0 amide bonds. The van der Waals surface area contributed by atoms with Crippen molar-refractivity contribution in [2.45, 2.75) is 33.3 Å². The third kappa shape index (κ3) is 4.82. The van der Waals surface area contributed by atoms with Crippen LogP contribution in [0.1, 0.15) is 32.3 Å². The number of esters is 1. The van der Waals surface area contributed by atoms with Crippen LogP contribution in [-0.2, 0) is 20.9 Å². The average Bonchev–Trinajstić information content (AvgIpc) is 3.07. The fourth-order valence-electron chi connectivity index (χ4n) is 2.95. The van der Waals surface area contributed by atoms with Crippen molar-refractivity contribution in [2.75, 3.05) is 13.7 Å². The third-order valence-corrected chi connectivity index (χ3v) is 4.86. The summed E-state index contributed by atoms with van der Waals surface area (Å²) in [5, 5.41) is 0.804. The lowest BCUT2D eigenvalue weighted by Gasteiger charge is -2.04. The summed E-state index contributed by atoms with van der Waals surface area (Å²) in [5.74, 6) is -0.0461. The van der Waals surface area contributed by atoms with Crippen molar-refractivity contribution in [1.29, 1.82) is 0 Å². The van der Waals surface area contributed by atoms with E-state index in [0.29, 0.717) is 13.2 Å². The second-order valence-electron chi connectivity index (χ2n) is 6.60. The quantitative estimate of drug-likeness (QED) is 0.516. The molecule has 1 saturated carbocycles. The van der Waals surface area contributed by atoms with Gasteiger partial charge in [0.05, 0.1) is 19.6 Å². The molecular formula is C19H25ClO3. The molecule has 0 unspecified atom stereocenters. The Morgan fingerprint density at radius 2 is 2.00 bits per heavy atom. The van der Waals surface area contributed by atoms with Crippen LogP contribution in [0, 0.1) is 17.3 Å². The van der Waals surface area contributed by atoms with E-state index in [4.69, 9.17) is 21.1 Å². The number of allylic oxidation sites excluding steroid dienone is 2. The maximum Gasteiger partial charge on any atom is 0.309 e. The van der Waals surface area contributed by atoms with Crippen LogP contribution in [0.5, 0.6) is 0 Å². The van der Waals surface area contributed by atoms with Gasteiger partial charge in [0.1, 0.15) is 0 Å². The second-order valence-corrected chi connectivity index (χ2v) is 7.09. The first-order valence-electron chi connectivity index (χ1n) is 8.02. The van der Waals surface area contributed by atoms with E-state index in [9.17, 15) is 4.79 Å². The van der Waals surface area contributed by atoms with Gasteiger partial charge in [-0.3, -0.25) is 4.79 Å². The molecule has 0 aliphatic heterocycles. The average molecular weight is 337 g/mol. The van der Waals surface area contributed by atoms with E-state index in [0.717, 1.165) is 17.9 Å². The molecule has 1 aromatic rings. The van der Waals surface area contributed by atoms with E-state index in [1.807, 2.05) is 24.3 Å². The predicted octanol–water partition coefficient (Wildman–Crippen LogP) is 4.55. The van der Waals surface area contributed by atoms with Crippen molar-refractivity contribution in [3.8, 4) is 0 Å². The minimum absolute atomic E-state index is 0.0585. The second kappa shape index (κ2) is 7.98. The molecule has 0 saturated heterocycles. The van der Waals surface area contributed by atoms with Crippen LogP contribution in [0.4, 0.5) is 0 Å². The van der Waals surface area contributed by atoms with Gasteiger partial charge in [-0.1, -0.05) is 61.9 Å². The van der Waals surface area contributed by atoms with E-state index < -0.39 is 0 Å². The van der Waals surface area contributed by atoms with Gasteiger partial charge in [0.15, 0.2) is 0 Å². The Labute approximate surface area is 143 Å². The third-order valence-electron chi connectivity index (χ3n) is 4.54. The number of hydrogen-bond acceptors (Lipinski definition) is 3. The number of rotatable bonds is 8. The Hall–Kier alpha value is -1.32. The first kappa shape index (κ1) is 18.0. The van der Waals surface area contributed by atoms with Crippen molar-refractivity contribution >= 4 is 17.6 Å². The van der Waals surface area contributed by atoms with Crippen LogP contribution in [0.15, 0.2) is 41.4 Å². The zero-order valence-electron chi connectivity index (χ0n) is 14.0. The summed E-state index contributed by atoms with van der Waals surface area (Å²) in [7, 11) is 1.43. The summed E-state index contributed by atoms with van der Waals surface area (Å²) in [6.45, 7) is 5.45. The predicted molar refractivity (Wildman–Crippen MR) is 92.0 cm³/mol. The SMILES string of the molecule is COC(=O)[C@@H]1[C@@H](/C=C(\Cl)CCCOCc2ccccc2)C1(C)C. The Balaban J connectivity index is 1.69. The van der Waals surface area contributed by atoms with E-state index in [1.54, 1.807) is 0 Å². The summed E-state index contributed by atoms with van der Waals surface area (Å²) in [5.41, 5.74) is 1.12. The molecule has 3 nitrogen and oxygen atoms in total. The van der Waals surface area contributed by atoms with Gasteiger partial charge in [0, 0.05) is 11.6 Å². The molecule has 0 N–H and O–H groups in total. The van der Waals surface area contributed by atoms with Gasteiger partial charge >= 0.3 is 5.97 Å². The maximum absolute atomic E-state index is 11.7. The molecule has 1 aromatic carbocycles. The number of methoxy groups -OCH3 is 1. The number of carbonyl (C=O) groups is 1. The number of hydrogen-bond donors (Lipinski definition) is 0. The summed E-state index contributed by atoms with van der Waals surface area (Å²) < 4.78 is 10.5. The van der Waals surface area contributed by atoms with Gasteiger partial charge in [-0.2, -0.15) is 0 Å². The molecule has 2 atom stereocenters. The molecule has 2 rings (SSSR count). The monoisotopic (exact) mass is 336 g/mol. The van der Waals surface area contributed by atoms with Gasteiger partial charge in [0.25, 0.3) is 0 Å². The lowest BCUT2D eigenvalue weighted by Crippen LogP contribution is -2.07. The number of halogens is 1. The van der Waals surface area contributed by atoms with Crippen molar-refractivity contribution < 1.29 is 14.3 Å². The van der Waals surface area contributed by atoms with Crippen LogP contribution in [0.3, 0.4) is 0 Å². The van der Waals surface area contributed by atoms with Crippen LogP contribution < -0.4 is 0 Å². The lowest BCUT2D eigenvalue weighted by molar-refractivity contribution is -0.143. The topological polar surface area (TPSA) is 35.5 Å². The summed E-state index contributed by atoms with van der Waals surface area (Å²) >= 11 is 6.31. The fourth-order valence-corrected chi connectivity index (χ4v) is 3.22. The molecule has 23 heavy (non-hydrogen) atoms. The summed E-state index contributed by atoms with van der Waals surface area (Å²) in [4.78, 5) is 11.7. The molecule has 0 heterocycles. The van der Waals surface area contributed by atoms with Gasteiger partial charge in [-0.15, -0.1) is 0 Å². The minimum atomic E-state index is -0.146. The fraction of sp³-hybridized carbons (Fsp3) is 0.526. The number of carbonyl (C=O) groups excluding carboxylic acids is 1. The van der Waals surface area contributed by atoms with E-state index in [-0.39, 0.29) is 23.2 Å². The normalized spacial score (nSPS) is 22.7. The zero-order valence-corrected chi connectivity index (χ0v) is 14.8. The molecule has 126 valence electrons. The largest absolute Gasteiger partial charge is 0.469 e. The highest BCUT2D eigenvalue weighted by atomic mass is 35.5. The Morgan fingerprint density at radius 3 is 2.65 bits per heavy atom. The molecule has 0 aromatic heterocycles. The number of benzene rings is 1. The highest BCUT2D eigenvalue weighted by Crippen LogP contribution is 2.60. The molecule has 0 spiro atoms. The minimum Gasteiger partial charge on any atom is -0.469 e. The Morgan fingerprint density at radius 1 is 1.30 bits per heavy atom. The first-order valence-corrected chi connectivity index (χ1v) is 8.40. The van der Waals surface area contributed by atoms with E-state index in [1.165, 1.54) is 12.7 Å². The van der Waals surface area contributed by atoms with Crippen molar-refractivity contribution in [3.63, 3.8) is 0 Å². The molecule has 0 radical (unpaired) electrons. The smallest absolute Gasteiger partial charge is 0.309 e. The summed E-state index contributed by atoms with van der Waals surface area (Å²) in [6.07, 6.45) is 3.66. The molecule has 4 heteroatoms. The van der Waals surface area contributed by atoms with Crippen LogP contribution in [-0.4, -0.2) is 19.7 Å². The van der Waals surface area contributed by atoms with Gasteiger partial charge in [0.2, 0.25) is 0 Å². The Kier molecular flexibility index (Phi) is 6.25. The first-order chi connectivity index (χ1) is 11.0.